The summed E-state index contributed by atoms with van der Waals surface area (Å²) in [7, 11) is 0. The summed E-state index contributed by atoms with van der Waals surface area (Å²) in [5.41, 5.74) is 7.23. The third kappa shape index (κ3) is 4.43. The average molecular weight is 327 g/mol. The smallest absolute Gasteiger partial charge is 0.354 e. The molecule has 1 aliphatic rings. The first kappa shape index (κ1) is 16.7. The number of aromatic nitrogens is 2. The van der Waals surface area contributed by atoms with Crippen LogP contribution >= 0.6 is 0 Å². The molecule has 0 aliphatic carbocycles. The molecular formula is C18H25N5O. The largest absolute Gasteiger partial charge is 0.383 e. The van der Waals surface area contributed by atoms with Gasteiger partial charge in [-0.1, -0.05) is 12.1 Å². The Morgan fingerprint density at radius 2 is 2.04 bits per heavy atom. The van der Waals surface area contributed by atoms with Crippen LogP contribution in [0.4, 0.5) is 5.82 Å². The van der Waals surface area contributed by atoms with Gasteiger partial charge in [0.05, 0.1) is 5.69 Å². The van der Waals surface area contributed by atoms with Gasteiger partial charge in [0.1, 0.15) is 5.82 Å². The quantitative estimate of drug-likeness (QED) is 0.765. The molecule has 6 nitrogen and oxygen atoms in total. The Hall–Kier alpha value is -2.18. The number of hydrogen-bond donors (Lipinski definition) is 3. The molecule has 1 atom stereocenters. The van der Waals surface area contributed by atoms with Crippen LogP contribution in [0, 0.1) is 0 Å². The first-order valence-corrected chi connectivity index (χ1v) is 8.61. The van der Waals surface area contributed by atoms with Crippen LogP contribution in [0.15, 0.2) is 41.3 Å². The predicted molar refractivity (Wildman–Crippen MR) is 96.5 cm³/mol. The lowest BCUT2D eigenvalue weighted by Crippen LogP contribution is -2.31. The van der Waals surface area contributed by atoms with E-state index in [0.717, 1.165) is 31.7 Å². The summed E-state index contributed by atoms with van der Waals surface area (Å²) in [6.45, 7) is 3.23. The van der Waals surface area contributed by atoms with Crippen LogP contribution in [0.1, 0.15) is 24.8 Å². The van der Waals surface area contributed by atoms with Crippen molar-refractivity contribution in [3.63, 3.8) is 0 Å². The van der Waals surface area contributed by atoms with E-state index in [4.69, 9.17) is 5.73 Å². The van der Waals surface area contributed by atoms with Crippen molar-refractivity contribution in [1.29, 1.82) is 0 Å². The van der Waals surface area contributed by atoms with Gasteiger partial charge in [0, 0.05) is 12.2 Å². The molecule has 0 spiro atoms. The van der Waals surface area contributed by atoms with E-state index in [1.807, 2.05) is 12.1 Å². The third-order valence-corrected chi connectivity index (χ3v) is 4.46. The van der Waals surface area contributed by atoms with Crippen LogP contribution < -0.4 is 22.1 Å². The zero-order valence-electron chi connectivity index (χ0n) is 13.9. The van der Waals surface area contributed by atoms with E-state index in [1.165, 1.54) is 29.4 Å². The van der Waals surface area contributed by atoms with Gasteiger partial charge in [0.25, 0.3) is 0 Å². The molecule has 24 heavy (non-hydrogen) atoms. The molecule has 2 aromatic rings. The Labute approximate surface area is 142 Å². The van der Waals surface area contributed by atoms with Crippen molar-refractivity contribution in [2.24, 2.45) is 0 Å². The van der Waals surface area contributed by atoms with Crippen molar-refractivity contribution in [3.05, 3.63) is 52.6 Å². The van der Waals surface area contributed by atoms with E-state index < -0.39 is 0 Å². The van der Waals surface area contributed by atoms with E-state index in [1.54, 1.807) is 12.3 Å². The molecule has 0 saturated carbocycles. The van der Waals surface area contributed by atoms with Crippen molar-refractivity contribution < 1.29 is 0 Å². The van der Waals surface area contributed by atoms with E-state index >= 15 is 0 Å². The number of anilines is 1. The summed E-state index contributed by atoms with van der Waals surface area (Å²) in [6.07, 6.45) is 6.34. The van der Waals surface area contributed by atoms with Crippen molar-refractivity contribution >= 4 is 5.82 Å². The Morgan fingerprint density at radius 3 is 2.83 bits per heavy atom. The van der Waals surface area contributed by atoms with Gasteiger partial charge in [0.15, 0.2) is 0 Å². The van der Waals surface area contributed by atoms with Gasteiger partial charge in [-0.25, -0.2) is 4.79 Å². The van der Waals surface area contributed by atoms with Gasteiger partial charge in [-0.05, 0) is 69.1 Å². The summed E-state index contributed by atoms with van der Waals surface area (Å²) in [5.74, 6) is 0.243. The topological polar surface area (TPSA) is 85.0 Å². The minimum absolute atomic E-state index is 0.243. The van der Waals surface area contributed by atoms with Crippen LogP contribution in [0.3, 0.4) is 0 Å². The Balaban J connectivity index is 1.55. The fraction of sp³-hybridized carbons (Fsp3) is 0.444. The Kier molecular flexibility index (Phi) is 5.61. The fourth-order valence-electron chi connectivity index (χ4n) is 3.08. The lowest BCUT2D eigenvalue weighted by atomic mass is 10.1. The molecule has 1 fully saturated rings. The molecular weight excluding hydrogens is 302 g/mol. The van der Waals surface area contributed by atoms with Gasteiger partial charge < -0.3 is 16.4 Å². The zero-order valence-corrected chi connectivity index (χ0v) is 13.9. The summed E-state index contributed by atoms with van der Waals surface area (Å²) in [5, 5.41) is 7.09. The maximum absolute atomic E-state index is 11.9. The lowest BCUT2D eigenvalue weighted by molar-refractivity contribution is 0.472. The highest BCUT2D eigenvalue weighted by atomic mass is 16.1. The molecule has 1 aliphatic heterocycles. The second-order valence-electron chi connectivity index (χ2n) is 6.25. The highest BCUT2D eigenvalue weighted by Crippen LogP contribution is 2.09. The maximum atomic E-state index is 11.9. The third-order valence-electron chi connectivity index (χ3n) is 4.46. The van der Waals surface area contributed by atoms with Crippen LogP contribution in [0.5, 0.6) is 0 Å². The molecule has 1 aromatic carbocycles. The molecule has 3 rings (SSSR count). The average Bonchev–Trinajstić information content (AvgIpc) is 2.85. The van der Waals surface area contributed by atoms with Crippen molar-refractivity contribution in [1.82, 2.24) is 20.2 Å². The van der Waals surface area contributed by atoms with Gasteiger partial charge in [-0.2, -0.15) is 4.98 Å². The number of rotatable bonds is 5. The van der Waals surface area contributed by atoms with Crippen LogP contribution in [0.2, 0.25) is 0 Å². The van der Waals surface area contributed by atoms with Crippen molar-refractivity contribution in [3.8, 4) is 5.69 Å². The Morgan fingerprint density at radius 1 is 1.21 bits per heavy atom. The molecule has 128 valence electrons. The number of hydrogen-bond acceptors (Lipinski definition) is 5. The second kappa shape index (κ2) is 8.08. The molecule has 4 N–H and O–H groups in total. The van der Waals surface area contributed by atoms with Crippen LogP contribution in [-0.4, -0.2) is 35.2 Å². The molecule has 0 bridgehead atoms. The van der Waals surface area contributed by atoms with Crippen molar-refractivity contribution in [2.45, 2.75) is 31.7 Å². The number of nitrogen functional groups attached to an aromatic ring is 1. The number of nitrogens with one attached hydrogen (secondary N) is 2. The highest BCUT2D eigenvalue weighted by molar-refractivity contribution is 5.36. The van der Waals surface area contributed by atoms with Gasteiger partial charge >= 0.3 is 5.69 Å². The molecule has 0 radical (unpaired) electrons. The maximum Gasteiger partial charge on any atom is 0.354 e. The molecule has 1 saturated heterocycles. The first-order valence-electron chi connectivity index (χ1n) is 8.61. The summed E-state index contributed by atoms with van der Waals surface area (Å²) >= 11 is 0. The van der Waals surface area contributed by atoms with E-state index in [-0.39, 0.29) is 11.5 Å². The zero-order chi connectivity index (χ0) is 16.8. The Bertz CT molecular complexity index is 702. The summed E-state index contributed by atoms with van der Waals surface area (Å²) in [4.78, 5) is 15.6. The number of nitrogens with two attached hydrogens (primary N) is 1. The van der Waals surface area contributed by atoms with Crippen LogP contribution in [0.25, 0.3) is 5.69 Å². The van der Waals surface area contributed by atoms with Gasteiger partial charge in [0.2, 0.25) is 0 Å². The van der Waals surface area contributed by atoms with Crippen LogP contribution in [-0.2, 0) is 6.42 Å². The highest BCUT2D eigenvalue weighted by Gasteiger charge is 2.10. The van der Waals surface area contributed by atoms with Gasteiger partial charge in [-0.15, -0.1) is 0 Å². The molecule has 2 heterocycles. The van der Waals surface area contributed by atoms with Gasteiger partial charge in [-0.3, -0.25) is 4.57 Å². The first-order chi connectivity index (χ1) is 11.7. The van der Waals surface area contributed by atoms with E-state index in [2.05, 4.69) is 27.8 Å². The normalized spacial score (nSPS) is 18.2. The summed E-state index contributed by atoms with van der Waals surface area (Å²) in [6, 6.07) is 10.3. The number of benzene rings is 1. The standard InChI is InChI=1S/C18H25N5O/c19-17-9-13-23(18(24)22-17)16-5-3-14(4-6-16)7-12-21-15-2-1-10-20-11-8-15/h3-6,9,13,15,20-21H,1-2,7-8,10-12H2,(H2,19,22,24). The van der Waals surface area contributed by atoms with Crippen molar-refractivity contribution in [2.75, 3.05) is 25.4 Å². The molecule has 0 amide bonds. The predicted octanol–water partition coefficient (Wildman–Crippen LogP) is 1.09. The SMILES string of the molecule is Nc1ccn(-c2ccc(CCNC3CCCNCC3)cc2)c(=O)n1. The van der Waals surface area contributed by atoms with E-state index in [0.29, 0.717) is 6.04 Å². The van der Waals surface area contributed by atoms with E-state index in [9.17, 15) is 4.79 Å². The minimum atomic E-state index is -0.355. The minimum Gasteiger partial charge on any atom is -0.383 e. The molecule has 1 unspecified atom stereocenters. The second-order valence-corrected chi connectivity index (χ2v) is 6.25. The lowest BCUT2D eigenvalue weighted by Gasteiger charge is -2.15. The molecule has 1 aromatic heterocycles. The fourth-order valence-corrected chi connectivity index (χ4v) is 3.08. The monoisotopic (exact) mass is 327 g/mol. The number of nitrogens with zero attached hydrogens (tertiary/aromatic N) is 2. The summed E-state index contributed by atoms with van der Waals surface area (Å²) < 4.78 is 1.50. The molecule has 6 heteroatoms.